The van der Waals surface area contributed by atoms with Gasteiger partial charge in [-0.1, -0.05) is 12.7 Å². The average molecular weight is 202 g/mol. The van der Waals surface area contributed by atoms with E-state index in [2.05, 4.69) is 6.07 Å². The van der Waals surface area contributed by atoms with Crippen molar-refractivity contribution >= 4 is 0 Å². The fourth-order valence-electron chi connectivity index (χ4n) is 0.833. The van der Waals surface area contributed by atoms with Crippen molar-refractivity contribution in [3.05, 3.63) is 42.2 Å². The molecular weight excluding hydrogens is 192 g/mol. The third kappa shape index (κ3) is 4.53. The SMILES string of the molecule is O[C-](O)CCc1[c-]cccc1.[Cr+2]. The molecular formula is C9H10CrO2. The predicted octanol–water partition coefficient (Wildman–Crippen LogP) is 1.65. The molecule has 0 saturated heterocycles. The number of benzene rings is 1. The molecule has 0 aliphatic heterocycles. The molecule has 0 amide bonds. The van der Waals surface area contributed by atoms with Crippen molar-refractivity contribution in [3.63, 3.8) is 0 Å². The van der Waals surface area contributed by atoms with Crippen LogP contribution in [0.2, 0.25) is 0 Å². The largest absolute Gasteiger partial charge is 2.00 e. The van der Waals surface area contributed by atoms with Crippen molar-refractivity contribution in [1.82, 2.24) is 0 Å². The number of hydrogen-bond donors (Lipinski definition) is 2. The van der Waals surface area contributed by atoms with Gasteiger partial charge in [-0.2, -0.15) is 35.9 Å². The predicted molar refractivity (Wildman–Crippen MR) is 40.7 cm³/mol. The molecule has 12 heavy (non-hydrogen) atoms. The van der Waals surface area contributed by atoms with Crippen molar-refractivity contribution in [2.24, 2.45) is 0 Å². The molecule has 0 aliphatic carbocycles. The van der Waals surface area contributed by atoms with Gasteiger partial charge in [-0.15, -0.1) is 6.42 Å². The Morgan fingerprint density at radius 2 is 2.08 bits per heavy atom. The second-order valence-corrected chi connectivity index (χ2v) is 2.30. The van der Waals surface area contributed by atoms with Gasteiger partial charge in [0.25, 0.3) is 0 Å². The molecule has 1 aromatic rings. The smallest absolute Gasteiger partial charge is 0.536 e. The molecule has 0 bridgehead atoms. The molecule has 0 fully saturated rings. The quantitative estimate of drug-likeness (QED) is 0.731. The average Bonchev–Trinajstić information content (AvgIpc) is 2.03. The van der Waals surface area contributed by atoms with E-state index in [0.29, 0.717) is 12.8 Å². The molecule has 0 heterocycles. The summed E-state index contributed by atoms with van der Waals surface area (Å²) in [6.45, 7) is 0. The molecule has 2 nitrogen and oxygen atoms in total. The van der Waals surface area contributed by atoms with Crippen LogP contribution in [-0.2, 0) is 23.8 Å². The van der Waals surface area contributed by atoms with E-state index >= 15 is 0 Å². The first kappa shape index (κ1) is 11.7. The minimum Gasteiger partial charge on any atom is -0.536 e. The number of aryl methyl sites for hydroxylation is 1. The van der Waals surface area contributed by atoms with Crippen LogP contribution in [0.15, 0.2) is 24.3 Å². The van der Waals surface area contributed by atoms with Crippen molar-refractivity contribution < 1.29 is 27.6 Å². The van der Waals surface area contributed by atoms with Gasteiger partial charge >= 0.3 is 17.4 Å². The van der Waals surface area contributed by atoms with E-state index in [1.165, 1.54) is 0 Å². The van der Waals surface area contributed by atoms with Gasteiger partial charge in [0.2, 0.25) is 0 Å². The zero-order chi connectivity index (χ0) is 8.10. The van der Waals surface area contributed by atoms with Gasteiger partial charge < -0.3 is 10.2 Å². The Bertz CT molecular complexity index is 199. The standard InChI is InChI=1S/C9H10O2.Cr/c10-9(11)7-6-8-4-2-1-3-5-8;/h1-4,10-11H,6-7H2;/q-2;+2. The van der Waals surface area contributed by atoms with Crippen LogP contribution < -0.4 is 0 Å². The summed E-state index contributed by atoms with van der Waals surface area (Å²) in [6.07, 6.45) is 0.409. The number of rotatable bonds is 3. The Morgan fingerprint density at radius 3 is 2.58 bits per heavy atom. The van der Waals surface area contributed by atoms with E-state index in [4.69, 9.17) is 10.2 Å². The van der Waals surface area contributed by atoms with E-state index in [-0.39, 0.29) is 17.4 Å². The Kier molecular flexibility index (Phi) is 6.05. The molecule has 3 heteroatoms. The fraction of sp³-hybridized carbons (Fsp3) is 0.222. The third-order valence-electron chi connectivity index (χ3n) is 1.39. The molecule has 2 N–H and O–H groups in total. The zero-order valence-electron chi connectivity index (χ0n) is 6.53. The number of aliphatic hydroxyl groups excluding tert-OH is 1. The maximum atomic E-state index is 8.47. The normalized spacial score (nSPS) is 9.58. The van der Waals surface area contributed by atoms with Crippen molar-refractivity contribution in [1.29, 1.82) is 0 Å². The summed E-state index contributed by atoms with van der Waals surface area (Å²) in [5, 5.41) is 16.9. The van der Waals surface area contributed by atoms with Crippen molar-refractivity contribution in [2.75, 3.05) is 0 Å². The topological polar surface area (TPSA) is 40.5 Å². The van der Waals surface area contributed by atoms with Gasteiger partial charge in [0.1, 0.15) is 0 Å². The minimum atomic E-state index is -0.512. The van der Waals surface area contributed by atoms with Gasteiger partial charge in [0.05, 0.1) is 0 Å². The third-order valence-corrected chi connectivity index (χ3v) is 1.39. The summed E-state index contributed by atoms with van der Waals surface area (Å²) < 4.78 is 0. The molecule has 1 rings (SSSR count). The second kappa shape index (κ2) is 6.22. The summed E-state index contributed by atoms with van der Waals surface area (Å²) in [5.74, 6) is 0. The van der Waals surface area contributed by atoms with Crippen LogP contribution in [0, 0.1) is 12.4 Å². The van der Waals surface area contributed by atoms with Gasteiger partial charge in [-0.05, 0) is 0 Å². The van der Waals surface area contributed by atoms with Gasteiger partial charge in [-0.3, -0.25) is 0 Å². The fourth-order valence-corrected chi connectivity index (χ4v) is 0.833. The van der Waals surface area contributed by atoms with Crippen molar-refractivity contribution in [2.45, 2.75) is 12.8 Å². The number of aliphatic hydroxyl groups is 2. The molecule has 0 aromatic heterocycles. The molecule has 0 unspecified atom stereocenters. The first-order valence-corrected chi connectivity index (χ1v) is 3.48. The van der Waals surface area contributed by atoms with Gasteiger partial charge in [-0.25, -0.2) is 0 Å². The van der Waals surface area contributed by atoms with Gasteiger partial charge in [0.15, 0.2) is 0 Å². The van der Waals surface area contributed by atoms with Crippen LogP contribution in [0.1, 0.15) is 12.0 Å². The first-order chi connectivity index (χ1) is 5.29. The summed E-state index contributed by atoms with van der Waals surface area (Å²) in [6, 6.07) is 10.5. The van der Waals surface area contributed by atoms with Crippen LogP contribution in [-0.4, -0.2) is 10.2 Å². The van der Waals surface area contributed by atoms with Crippen LogP contribution >= 0.6 is 0 Å². The Labute approximate surface area is 83.0 Å². The summed E-state index contributed by atoms with van der Waals surface area (Å²) in [4.78, 5) is 0. The first-order valence-electron chi connectivity index (χ1n) is 3.48. The molecule has 0 aliphatic rings. The van der Waals surface area contributed by atoms with E-state index in [1.807, 2.05) is 24.3 Å². The van der Waals surface area contributed by atoms with E-state index in [0.717, 1.165) is 5.56 Å². The summed E-state index contributed by atoms with van der Waals surface area (Å²) in [5.41, 5.74) is 0.994. The van der Waals surface area contributed by atoms with Crippen molar-refractivity contribution in [3.8, 4) is 0 Å². The second-order valence-electron chi connectivity index (χ2n) is 2.30. The molecule has 64 valence electrons. The Morgan fingerprint density at radius 1 is 1.33 bits per heavy atom. The Hall–Kier alpha value is -0.328. The maximum Gasteiger partial charge on any atom is 2.00 e. The monoisotopic (exact) mass is 202 g/mol. The molecule has 0 atom stereocenters. The van der Waals surface area contributed by atoms with Crippen LogP contribution in [0.5, 0.6) is 0 Å². The summed E-state index contributed by atoms with van der Waals surface area (Å²) >= 11 is 0. The minimum absolute atomic E-state index is 0. The van der Waals surface area contributed by atoms with E-state index in [9.17, 15) is 0 Å². The molecule has 1 aromatic carbocycles. The molecule has 0 radical (unpaired) electrons. The zero-order valence-corrected chi connectivity index (χ0v) is 7.80. The molecule has 0 saturated carbocycles. The van der Waals surface area contributed by atoms with Gasteiger partial charge in [0, 0.05) is 0 Å². The summed E-state index contributed by atoms with van der Waals surface area (Å²) in [7, 11) is 0. The Balaban J connectivity index is 0.00000121. The number of hydrogen-bond acceptors (Lipinski definition) is 2. The maximum absolute atomic E-state index is 8.47. The molecule has 0 spiro atoms. The van der Waals surface area contributed by atoms with Crippen LogP contribution in [0.3, 0.4) is 0 Å². The van der Waals surface area contributed by atoms with Crippen LogP contribution in [0.25, 0.3) is 0 Å². The van der Waals surface area contributed by atoms with Crippen LogP contribution in [0.4, 0.5) is 0 Å². The van der Waals surface area contributed by atoms with E-state index < -0.39 is 6.29 Å². The van der Waals surface area contributed by atoms with E-state index in [1.54, 1.807) is 0 Å².